The van der Waals surface area contributed by atoms with Gasteiger partial charge in [-0.15, -0.1) is 0 Å². The number of rotatable bonds is 6. The molecule has 10 heteroatoms. The van der Waals surface area contributed by atoms with Crippen molar-refractivity contribution in [1.82, 2.24) is 5.32 Å². The van der Waals surface area contributed by atoms with Crippen LogP contribution in [0, 0.1) is 0 Å². The summed E-state index contributed by atoms with van der Waals surface area (Å²) in [5.41, 5.74) is 0.224. The second-order valence-corrected chi connectivity index (χ2v) is 7.09. The number of fused-ring (bicyclic) bond motifs is 1. The number of carbonyl (C=O) groups is 3. The molecule has 4 amide bonds. The first-order valence-corrected chi connectivity index (χ1v) is 10.2. The fourth-order valence-electron chi connectivity index (χ4n) is 3.28. The maximum absolute atomic E-state index is 13.3. The molecule has 9 nitrogen and oxygen atoms in total. The van der Waals surface area contributed by atoms with Gasteiger partial charge >= 0.3 is 6.03 Å². The summed E-state index contributed by atoms with van der Waals surface area (Å²) >= 11 is 6.29. The van der Waals surface area contributed by atoms with Crippen LogP contribution < -0.4 is 29.2 Å². The van der Waals surface area contributed by atoms with E-state index < -0.39 is 17.8 Å². The van der Waals surface area contributed by atoms with Gasteiger partial charge in [-0.2, -0.15) is 0 Å². The minimum absolute atomic E-state index is 0.0454. The Morgan fingerprint density at radius 3 is 2.50 bits per heavy atom. The molecule has 1 fully saturated rings. The molecule has 0 unspecified atom stereocenters. The molecule has 4 rings (SSSR count). The van der Waals surface area contributed by atoms with E-state index in [1.165, 1.54) is 18.2 Å². The number of imide groups is 2. The lowest BCUT2D eigenvalue weighted by Crippen LogP contribution is -2.54. The first-order valence-electron chi connectivity index (χ1n) is 9.83. The van der Waals surface area contributed by atoms with Gasteiger partial charge in [0, 0.05) is 12.1 Å². The zero-order valence-electron chi connectivity index (χ0n) is 17.3. The summed E-state index contributed by atoms with van der Waals surface area (Å²) < 4.78 is 21.7. The maximum atomic E-state index is 13.3. The fourth-order valence-corrected chi connectivity index (χ4v) is 3.49. The van der Waals surface area contributed by atoms with E-state index in [1.807, 2.05) is 6.92 Å². The third kappa shape index (κ3) is 3.94. The van der Waals surface area contributed by atoms with Crippen molar-refractivity contribution in [2.24, 2.45) is 0 Å². The molecule has 0 radical (unpaired) electrons. The second kappa shape index (κ2) is 8.80. The number of barbiturate groups is 1. The number of halogens is 1. The Hall–Kier alpha value is -3.72. The predicted molar refractivity (Wildman–Crippen MR) is 115 cm³/mol. The summed E-state index contributed by atoms with van der Waals surface area (Å²) in [7, 11) is 0. The second-order valence-electron chi connectivity index (χ2n) is 6.68. The van der Waals surface area contributed by atoms with Crippen LogP contribution in [-0.2, 0) is 9.59 Å². The molecule has 2 aromatic rings. The van der Waals surface area contributed by atoms with Crippen LogP contribution in [0.5, 0.6) is 23.0 Å². The van der Waals surface area contributed by atoms with Gasteiger partial charge in [0.05, 0.1) is 23.9 Å². The number of benzene rings is 2. The van der Waals surface area contributed by atoms with Gasteiger partial charge in [-0.25, -0.2) is 9.69 Å². The Morgan fingerprint density at radius 2 is 1.78 bits per heavy atom. The molecule has 0 aliphatic carbocycles. The van der Waals surface area contributed by atoms with Crippen LogP contribution >= 0.6 is 11.6 Å². The molecule has 166 valence electrons. The van der Waals surface area contributed by atoms with E-state index >= 15 is 0 Å². The number of hydrogen-bond acceptors (Lipinski definition) is 7. The molecule has 0 bridgehead atoms. The highest BCUT2D eigenvalue weighted by atomic mass is 35.5. The molecule has 2 aromatic carbocycles. The van der Waals surface area contributed by atoms with E-state index in [-0.39, 0.29) is 28.8 Å². The number of hydrogen-bond donors (Lipinski definition) is 1. The fraction of sp³-hybridized carbons (Fsp3) is 0.227. The van der Waals surface area contributed by atoms with Crippen LogP contribution in [0.2, 0.25) is 5.02 Å². The number of amides is 4. The Labute approximate surface area is 188 Å². The van der Waals surface area contributed by atoms with Crippen molar-refractivity contribution in [3.05, 3.63) is 46.5 Å². The summed E-state index contributed by atoms with van der Waals surface area (Å²) in [4.78, 5) is 39.3. The first-order chi connectivity index (χ1) is 15.4. The van der Waals surface area contributed by atoms with E-state index in [9.17, 15) is 14.4 Å². The normalized spacial score (nSPS) is 16.4. The van der Waals surface area contributed by atoms with E-state index in [0.717, 1.165) is 4.90 Å². The largest absolute Gasteiger partial charge is 0.494 e. The lowest BCUT2D eigenvalue weighted by molar-refractivity contribution is -0.122. The van der Waals surface area contributed by atoms with E-state index in [4.69, 9.17) is 30.5 Å². The van der Waals surface area contributed by atoms with Crippen molar-refractivity contribution in [2.45, 2.75) is 13.8 Å². The van der Waals surface area contributed by atoms with Crippen LogP contribution in [0.1, 0.15) is 19.4 Å². The number of nitrogens with one attached hydrogen (secondary N) is 1. The highest BCUT2D eigenvalue weighted by Crippen LogP contribution is 2.39. The maximum Gasteiger partial charge on any atom is 0.336 e. The summed E-state index contributed by atoms with van der Waals surface area (Å²) in [6.07, 6.45) is 1.30. The van der Waals surface area contributed by atoms with Crippen molar-refractivity contribution in [1.29, 1.82) is 0 Å². The molecule has 2 heterocycles. The molecule has 0 atom stereocenters. The van der Waals surface area contributed by atoms with Crippen LogP contribution in [0.4, 0.5) is 10.5 Å². The van der Waals surface area contributed by atoms with E-state index in [0.29, 0.717) is 36.0 Å². The monoisotopic (exact) mass is 458 g/mol. The molecular formula is C22H19ClN2O7. The minimum Gasteiger partial charge on any atom is -0.494 e. The van der Waals surface area contributed by atoms with Crippen molar-refractivity contribution in [3.63, 3.8) is 0 Å². The number of urea groups is 1. The van der Waals surface area contributed by atoms with Gasteiger partial charge in [-0.3, -0.25) is 14.9 Å². The van der Waals surface area contributed by atoms with Gasteiger partial charge in [0.1, 0.15) is 17.1 Å². The Bertz CT molecular complexity index is 1150. The Balaban J connectivity index is 1.77. The Morgan fingerprint density at radius 1 is 1.06 bits per heavy atom. The van der Waals surface area contributed by atoms with Crippen LogP contribution in [0.3, 0.4) is 0 Å². The number of ether oxygens (including phenoxy) is 4. The minimum atomic E-state index is -0.900. The van der Waals surface area contributed by atoms with Crippen LogP contribution in [0.25, 0.3) is 6.08 Å². The van der Waals surface area contributed by atoms with Gasteiger partial charge in [-0.1, -0.05) is 11.6 Å². The zero-order valence-corrected chi connectivity index (χ0v) is 18.0. The summed E-state index contributed by atoms with van der Waals surface area (Å²) in [5, 5.41) is 2.43. The summed E-state index contributed by atoms with van der Waals surface area (Å²) in [5.74, 6) is -0.0589. The molecule has 2 aliphatic heterocycles. The van der Waals surface area contributed by atoms with Gasteiger partial charge < -0.3 is 18.9 Å². The molecule has 0 aromatic heterocycles. The SMILES string of the molecule is CCOc1ccc(OCC)c(N2C(=O)NC(=O)/C(=C\c3cc4c(cc3Cl)OCO4)C2=O)c1. The third-order valence-corrected chi connectivity index (χ3v) is 5.00. The van der Waals surface area contributed by atoms with Crippen molar-refractivity contribution in [2.75, 3.05) is 24.9 Å². The Kier molecular flexibility index (Phi) is 5.91. The van der Waals surface area contributed by atoms with Gasteiger partial charge in [-0.05, 0) is 43.7 Å². The van der Waals surface area contributed by atoms with Gasteiger partial charge in [0.15, 0.2) is 11.5 Å². The standard InChI is InChI=1S/C22H19ClN2O7/c1-3-29-13-5-6-17(30-4-2)16(9-13)25-21(27)14(20(26)24-22(25)28)7-12-8-18-19(10-15(12)23)32-11-31-18/h5-10H,3-4,11H2,1-2H3,(H,24,26,28)/b14-7+. The highest BCUT2D eigenvalue weighted by molar-refractivity contribution is 6.40. The molecule has 1 saturated heterocycles. The van der Waals surface area contributed by atoms with Gasteiger partial charge in [0.2, 0.25) is 6.79 Å². The highest BCUT2D eigenvalue weighted by Gasteiger charge is 2.38. The van der Waals surface area contributed by atoms with Gasteiger partial charge in [0.25, 0.3) is 11.8 Å². The van der Waals surface area contributed by atoms with Crippen molar-refractivity contribution in [3.8, 4) is 23.0 Å². The molecule has 32 heavy (non-hydrogen) atoms. The van der Waals surface area contributed by atoms with Crippen LogP contribution in [-0.4, -0.2) is 37.9 Å². The zero-order chi connectivity index (χ0) is 22.8. The first kappa shape index (κ1) is 21.5. The third-order valence-electron chi connectivity index (χ3n) is 4.68. The van der Waals surface area contributed by atoms with Crippen molar-refractivity contribution >= 4 is 41.2 Å². The van der Waals surface area contributed by atoms with Crippen molar-refractivity contribution < 1.29 is 33.3 Å². The van der Waals surface area contributed by atoms with E-state index in [1.54, 1.807) is 25.1 Å². The summed E-state index contributed by atoms with van der Waals surface area (Å²) in [6.45, 7) is 4.32. The lowest BCUT2D eigenvalue weighted by atomic mass is 10.1. The molecule has 1 N–H and O–H groups in total. The number of nitrogens with zero attached hydrogens (tertiary/aromatic N) is 1. The lowest BCUT2D eigenvalue weighted by Gasteiger charge is -2.28. The van der Waals surface area contributed by atoms with E-state index in [2.05, 4.69) is 5.32 Å². The topological polar surface area (TPSA) is 103 Å². The average molecular weight is 459 g/mol. The smallest absolute Gasteiger partial charge is 0.336 e. The quantitative estimate of drug-likeness (QED) is 0.521. The predicted octanol–water partition coefficient (Wildman–Crippen LogP) is 3.53. The number of carbonyl (C=O) groups excluding carboxylic acids is 3. The summed E-state index contributed by atoms with van der Waals surface area (Å²) in [6, 6.07) is 6.96. The molecule has 0 saturated carbocycles. The molecular weight excluding hydrogens is 440 g/mol. The molecule has 0 spiro atoms. The number of anilines is 1. The van der Waals surface area contributed by atoms with Crippen LogP contribution in [0.15, 0.2) is 35.9 Å². The molecule has 2 aliphatic rings. The average Bonchev–Trinajstić information content (AvgIpc) is 3.20.